The summed E-state index contributed by atoms with van der Waals surface area (Å²) in [6.45, 7) is 1.17. The van der Waals surface area contributed by atoms with Crippen molar-refractivity contribution < 1.29 is 23.1 Å². The number of nitrogens with one attached hydrogen (secondary N) is 1. The Morgan fingerprint density at radius 1 is 1.50 bits per heavy atom. The van der Waals surface area contributed by atoms with Crippen molar-refractivity contribution in [1.82, 2.24) is 0 Å². The third kappa shape index (κ3) is 3.27. The number of carbonyl (C=O) groups excluding carboxylic acids is 1. The Balaban J connectivity index is 3.18. The molecule has 0 radical (unpaired) electrons. The van der Waals surface area contributed by atoms with Gasteiger partial charge < -0.3 is 16.2 Å². The summed E-state index contributed by atoms with van der Waals surface area (Å²) in [5.74, 6) is -0.864. The largest absolute Gasteiger partial charge is 0.417 e. The lowest BCUT2D eigenvalue weighted by atomic mass is 10.1. The molecule has 0 aliphatic carbocycles. The molecular formula is C10H10ClF3N2O2. The molecule has 1 rings (SSSR count). The Bertz CT molecular complexity index is 475. The third-order valence-electron chi connectivity index (χ3n) is 2.08. The van der Waals surface area contributed by atoms with Gasteiger partial charge >= 0.3 is 6.18 Å². The topological polar surface area (TPSA) is 75.3 Å². The Labute approximate surface area is 106 Å². The van der Waals surface area contributed by atoms with E-state index in [0.717, 1.165) is 6.07 Å². The zero-order valence-electron chi connectivity index (χ0n) is 9.18. The lowest BCUT2D eigenvalue weighted by Gasteiger charge is -2.14. The first kappa shape index (κ1) is 14.6. The van der Waals surface area contributed by atoms with Crippen LogP contribution in [0.4, 0.5) is 24.5 Å². The van der Waals surface area contributed by atoms with Crippen LogP contribution in [0.2, 0.25) is 5.02 Å². The molecule has 0 bridgehead atoms. The lowest BCUT2D eigenvalue weighted by Crippen LogP contribution is -2.25. The first-order chi connectivity index (χ1) is 8.12. The highest BCUT2D eigenvalue weighted by Gasteiger charge is 2.34. The van der Waals surface area contributed by atoms with Crippen molar-refractivity contribution in [3.05, 3.63) is 22.7 Å². The number of halogens is 4. The summed E-state index contributed by atoms with van der Waals surface area (Å²) in [6.07, 6.45) is -6.02. The van der Waals surface area contributed by atoms with Crippen LogP contribution >= 0.6 is 11.6 Å². The maximum absolute atomic E-state index is 12.6. The zero-order chi connectivity index (χ0) is 14.1. The summed E-state index contributed by atoms with van der Waals surface area (Å²) in [7, 11) is 0. The van der Waals surface area contributed by atoms with Crippen molar-refractivity contribution in [2.24, 2.45) is 0 Å². The minimum absolute atomic E-state index is 0.123. The maximum Gasteiger partial charge on any atom is 0.417 e. The van der Waals surface area contributed by atoms with Gasteiger partial charge in [0.05, 0.1) is 22.0 Å². The Kier molecular flexibility index (Phi) is 4.08. The molecule has 0 heterocycles. The number of carbonyl (C=O) groups is 1. The van der Waals surface area contributed by atoms with E-state index >= 15 is 0 Å². The van der Waals surface area contributed by atoms with Crippen molar-refractivity contribution in [1.29, 1.82) is 0 Å². The molecule has 18 heavy (non-hydrogen) atoms. The first-order valence-corrected chi connectivity index (χ1v) is 5.16. The van der Waals surface area contributed by atoms with Crippen molar-refractivity contribution in [2.75, 3.05) is 11.1 Å². The number of anilines is 2. The van der Waals surface area contributed by atoms with Crippen LogP contribution in [-0.2, 0) is 11.0 Å². The van der Waals surface area contributed by atoms with Crippen molar-refractivity contribution in [2.45, 2.75) is 19.2 Å². The summed E-state index contributed by atoms with van der Waals surface area (Å²) in [5.41, 5.74) is 3.95. The molecular weight excluding hydrogens is 273 g/mol. The first-order valence-electron chi connectivity index (χ1n) is 4.78. The van der Waals surface area contributed by atoms with Crippen LogP contribution in [0.15, 0.2) is 12.1 Å². The van der Waals surface area contributed by atoms with E-state index in [4.69, 9.17) is 22.4 Å². The van der Waals surface area contributed by atoms with E-state index in [1.54, 1.807) is 0 Å². The monoisotopic (exact) mass is 282 g/mol. The van der Waals surface area contributed by atoms with Gasteiger partial charge in [-0.2, -0.15) is 13.2 Å². The second kappa shape index (κ2) is 5.03. The van der Waals surface area contributed by atoms with Crippen LogP contribution in [0.5, 0.6) is 0 Å². The standard InChI is InChI=1S/C10H10ClF3N2O2/c1-4(17)9(18)16-8-2-5(10(12,13)14)6(11)3-7(8)15/h2-4,17H,15H2,1H3,(H,16,18). The van der Waals surface area contributed by atoms with E-state index in [-0.39, 0.29) is 11.4 Å². The van der Waals surface area contributed by atoms with Crippen LogP contribution in [0, 0.1) is 0 Å². The third-order valence-corrected chi connectivity index (χ3v) is 2.39. The van der Waals surface area contributed by atoms with Gasteiger partial charge in [0, 0.05) is 0 Å². The molecule has 1 aromatic rings. The fourth-order valence-electron chi connectivity index (χ4n) is 1.15. The molecule has 100 valence electrons. The molecule has 0 saturated carbocycles. The van der Waals surface area contributed by atoms with Gasteiger partial charge in [-0.25, -0.2) is 0 Å². The lowest BCUT2D eigenvalue weighted by molar-refractivity contribution is -0.137. The number of amides is 1. The Morgan fingerprint density at radius 3 is 2.50 bits per heavy atom. The molecule has 0 saturated heterocycles. The molecule has 0 aliphatic rings. The van der Waals surface area contributed by atoms with Crippen LogP contribution in [-0.4, -0.2) is 17.1 Å². The molecule has 0 aromatic heterocycles. The molecule has 1 aromatic carbocycles. The van der Waals surface area contributed by atoms with Crippen molar-refractivity contribution in [3.63, 3.8) is 0 Å². The number of rotatable bonds is 2. The van der Waals surface area contributed by atoms with Gasteiger partial charge in [-0.3, -0.25) is 4.79 Å². The van der Waals surface area contributed by atoms with Crippen molar-refractivity contribution in [3.8, 4) is 0 Å². The number of aliphatic hydroxyl groups excluding tert-OH is 1. The number of hydrogen-bond donors (Lipinski definition) is 3. The SMILES string of the molecule is CC(O)C(=O)Nc1cc(C(F)(F)F)c(Cl)cc1N. The quantitative estimate of drug-likeness (QED) is 0.728. The smallest absolute Gasteiger partial charge is 0.397 e. The van der Waals surface area contributed by atoms with E-state index in [1.807, 2.05) is 0 Å². The van der Waals surface area contributed by atoms with Crippen LogP contribution in [0.1, 0.15) is 12.5 Å². The molecule has 1 amide bonds. The van der Waals surface area contributed by atoms with Crippen LogP contribution in [0.3, 0.4) is 0 Å². The molecule has 0 spiro atoms. The second-order valence-corrected chi connectivity index (χ2v) is 3.99. The van der Waals surface area contributed by atoms with Gasteiger partial charge in [-0.05, 0) is 19.1 Å². The molecule has 0 fully saturated rings. The Hall–Kier alpha value is -1.47. The average molecular weight is 283 g/mol. The number of nitrogens with two attached hydrogens (primary N) is 1. The fraction of sp³-hybridized carbons (Fsp3) is 0.300. The average Bonchev–Trinajstić information content (AvgIpc) is 2.19. The van der Waals surface area contributed by atoms with Crippen molar-refractivity contribution >= 4 is 28.9 Å². The molecule has 0 aliphatic heterocycles. The minimum Gasteiger partial charge on any atom is -0.397 e. The predicted octanol–water partition coefficient (Wildman–Crippen LogP) is 2.26. The predicted molar refractivity (Wildman–Crippen MR) is 61.2 cm³/mol. The molecule has 4 N–H and O–H groups in total. The number of nitrogen functional groups attached to an aromatic ring is 1. The van der Waals surface area contributed by atoms with Gasteiger partial charge in [-0.15, -0.1) is 0 Å². The van der Waals surface area contributed by atoms with E-state index in [2.05, 4.69) is 5.32 Å². The highest BCUT2D eigenvalue weighted by molar-refractivity contribution is 6.32. The van der Waals surface area contributed by atoms with Crippen LogP contribution < -0.4 is 11.1 Å². The summed E-state index contributed by atoms with van der Waals surface area (Å²) in [4.78, 5) is 11.2. The van der Waals surface area contributed by atoms with Gasteiger partial charge in [-0.1, -0.05) is 11.6 Å². The normalized spacial score (nSPS) is 13.2. The van der Waals surface area contributed by atoms with Gasteiger partial charge in [0.2, 0.25) is 0 Å². The second-order valence-electron chi connectivity index (χ2n) is 3.58. The minimum atomic E-state index is -4.66. The zero-order valence-corrected chi connectivity index (χ0v) is 9.93. The van der Waals surface area contributed by atoms with Crippen LogP contribution in [0.25, 0.3) is 0 Å². The summed E-state index contributed by atoms with van der Waals surface area (Å²) in [5, 5.41) is 10.5. The summed E-state index contributed by atoms with van der Waals surface area (Å²) < 4.78 is 37.7. The summed E-state index contributed by atoms with van der Waals surface area (Å²) >= 11 is 5.42. The molecule has 4 nitrogen and oxygen atoms in total. The van der Waals surface area contributed by atoms with Gasteiger partial charge in [0.1, 0.15) is 6.10 Å². The van der Waals surface area contributed by atoms with Gasteiger partial charge in [0.15, 0.2) is 0 Å². The molecule has 8 heteroatoms. The highest BCUT2D eigenvalue weighted by Crippen LogP contribution is 2.38. The van der Waals surface area contributed by atoms with E-state index in [9.17, 15) is 18.0 Å². The number of hydrogen-bond acceptors (Lipinski definition) is 3. The maximum atomic E-state index is 12.6. The number of aliphatic hydroxyl groups is 1. The van der Waals surface area contributed by atoms with Gasteiger partial charge in [0.25, 0.3) is 5.91 Å². The molecule has 1 atom stereocenters. The summed E-state index contributed by atoms with van der Waals surface area (Å²) in [6, 6.07) is 1.51. The highest BCUT2D eigenvalue weighted by atomic mass is 35.5. The molecule has 1 unspecified atom stereocenters. The van der Waals surface area contributed by atoms with E-state index in [1.165, 1.54) is 6.92 Å². The number of benzene rings is 1. The number of alkyl halides is 3. The van der Waals surface area contributed by atoms with E-state index in [0.29, 0.717) is 6.07 Å². The Morgan fingerprint density at radius 2 is 2.06 bits per heavy atom. The van der Waals surface area contributed by atoms with E-state index < -0.39 is 28.8 Å². The fourth-order valence-corrected chi connectivity index (χ4v) is 1.43.